The van der Waals surface area contributed by atoms with Crippen LogP contribution in [0.25, 0.3) is 0 Å². The summed E-state index contributed by atoms with van der Waals surface area (Å²) >= 11 is 0. The first kappa shape index (κ1) is 14.0. The van der Waals surface area contributed by atoms with Crippen molar-refractivity contribution >= 4 is 5.69 Å². The van der Waals surface area contributed by atoms with E-state index in [0.29, 0.717) is 12.1 Å². The average molecular weight is 264 g/mol. The van der Waals surface area contributed by atoms with Crippen molar-refractivity contribution in [3.63, 3.8) is 0 Å². The number of methoxy groups -OCH3 is 2. The summed E-state index contributed by atoms with van der Waals surface area (Å²) in [5, 5.41) is 3.57. The van der Waals surface area contributed by atoms with Crippen molar-refractivity contribution in [3.8, 4) is 11.5 Å². The molecule has 1 aliphatic heterocycles. The summed E-state index contributed by atoms with van der Waals surface area (Å²) in [4.78, 5) is 2.49. The van der Waals surface area contributed by atoms with Crippen LogP contribution in [0.4, 0.5) is 5.69 Å². The third-order valence-corrected chi connectivity index (χ3v) is 3.72. The first-order chi connectivity index (χ1) is 9.13. The van der Waals surface area contributed by atoms with E-state index in [4.69, 9.17) is 9.47 Å². The standard InChI is InChI=1S/C15H24N2O2/c1-11(2)17-8-7-12(10-17)16-14-9-13(18-3)5-6-15(14)19-4/h5-6,9,11-12,16H,7-8,10H2,1-4H3. The molecular formula is C15H24N2O2. The molecule has 4 heteroatoms. The molecule has 2 rings (SSSR count). The van der Waals surface area contributed by atoms with Gasteiger partial charge in [-0.05, 0) is 32.4 Å². The third kappa shape index (κ3) is 3.32. The molecule has 0 aromatic heterocycles. The predicted molar refractivity (Wildman–Crippen MR) is 78.3 cm³/mol. The average Bonchev–Trinajstić information content (AvgIpc) is 2.87. The Labute approximate surface area is 115 Å². The summed E-state index contributed by atoms with van der Waals surface area (Å²) in [5.74, 6) is 1.71. The Hall–Kier alpha value is -1.42. The molecule has 0 amide bonds. The van der Waals surface area contributed by atoms with Crippen LogP contribution >= 0.6 is 0 Å². The molecule has 0 spiro atoms. The van der Waals surface area contributed by atoms with E-state index in [0.717, 1.165) is 30.3 Å². The van der Waals surface area contributed by atoms with E-state index in [1.54, 1.807) is 14.2 Å². The fourth-order valence-corrected chi connectivity index (χ4v) is 2.52. The minimum absolute atomic E-state index is 0.475. The monoisotopic (exact) mass is 264 g/mol. The highest BCUT2D eigenvalue weighted by molar-refractivity contribution is 5.60. The molecule has 1 fully saturated rings. The lowest BCUT2D eigenvalue weighted by Gasteiger charge is -2.21. The molecule has 106 valence electrons. The molecule has 1 aliphatic rings. The Morgan fingerprint density at radius 2 is 2.05 bits per heavy atom. The molecule has 1 saturated heterocycles. The molecular weight excluding hydrogens is 240 g/mol. The molecule has 4 nitrogen and oxygen atoms in total. The first-order valence-electron chi connectivity index (χ1n) is 6.86. The van der Waals surface area contributed by atoms with Crippen LogP contribution in [0.3, 0.4) is 0 Å². The summed E-state index contributed by atoms with van der Waals surface area (Å²) in [6.45, 7) is 6.72. The molecule has 0 radical (unpaired) electrons. The largest absolute Gasteiger partial charge is 0.497 e. The molecule has 0 bridgehead atoms. The molecule has 1 aromatic rings. The van der Waals surface area contributed by atoms with Gasteiger partial charge in [0.1, 0.15) is 11.5 Å². The van der Waals surface area contributed by atoms with Gasteiger partial charge < -0.3 is 14.8 Å². The molecule has 1 N–H and O–H groups in total. The van der Waals surface area contributed by atoms with Crippen molar-refractivity contribution in [3.05, 3.63) is 18.2 Å². The van der Waals surface area contributed by atoms with Gasteiger partial charge in [-0.2, -0.15) is 0 Å². The van der Waals surface area contributed by atoms with Gasteiger partial charge in [-0.15, -0.1) is 0 Å². The van der Waals surface area contributed by atoms with E-state index in [-0.39, 0.29) is 0 Å². The molecule has 1 heterocycles. The van der Waals surface area contributed by atoms with Gasteiger partial charge in [-0.1, -0.05) is 0 Å². The summed E-state index contributed by atoms with van der Waals surface area (Å²) in [6.07, 6.45) is 1.17. The minimum Gasteiger partial charge on any atom is -0.497 e. The number of nitrogens with zero attached hydrogens (tertiary/aromatic N) is 1. The molecule has 1 aromatic carbocycles. The van der Waals surface area contributed by atoms with Gasteiger partial charge in [0, 0.05) is 31.2 Å². The van der Waals surface area contributed by atoms with Crippen molar-refractivity contribution in [2.24, 2.45) is 0 Å². The van der Waals surface area contributed by atoms with E-state index < -0.39 is 0 Å². The maximum Gasteiger partial charge on any atom is 0.142 e. The third-order valence-electron chi connectivity index (χ3n) is 3.72. The summed E-state index contributed by atoms with van der Waals surface area (Å²) in [6, 6.07) is 6.94. The van der Waals surface area contributed by atoms with Gasteiger partial charge in [0.2, 0.25) is 0 Å². The van der Waals surface area contributed by atoms with E-state index in [2.05, 4.69) is 24.1 Å². The second kappa shape index (κ2) is 6.15. The van der Waals surface area contributed by atoms with Crippen LogP contribution in [0.1, 0.15) is 20.3 Å². The Kier molecular flexibility index (Phi) is 4.53. The lowest BCUT2D eigenvalue weighted by atomic mass is 10.2. The normalized spacial score (nSPS) is 19.7. The van der Waals surface area contributed by atoms with Crippen molar-refractivity contribution < 1.29 is 9.47 Å². The number of nitrogens with one attached hydrogen (secondary N) is 1. The van der Waals surface area contributed by atoms with Gasteiger partial charge in [-0.3, -0.25) is 4.90 Å². The summed E-state index contributed by atoms with van der Waals surface area (Å²) in [7, 11) is 3.38. The number of ether oxygens (including phenoxy) is 2. The van der Waals surface area contributed by atoms with Crippen LogP contribution < -0.4 is 14.8 Å². The fraction of sp³-hybridized carbons (Fsp3) is 0.600. The number of anilines is 1. The summed E-state index contributed by atoms with van der Waals surface area (Å²) < 4.78 is 10.7. The Balaban J connectivity index is 2.06. The number of rotatable bonds is 5. The van der Waals surface area contributed by atoms with E-state index in [9.17, 15) is 0 Å². The van der Waals surface area contributed by atoms with E-state index in [1.807, 2.05) is 18.2 Å². The lowest BCUT2D eigenvalue weighted by molar-refractivity contribution is 0.274. The van der Waals surface area contributed by atoms with Crippen LogP contribution in [-0.4, -0.2) is 44.3 Å². The first-order valence-corrected chi connectivity index (χ1v) is 6.86. The van der Waals surface area contributed by atoms with Crippen molar-refractivity contribution in [2.45, 2.75) is 32.4 Å². The topological polar surface area (TPSA) is 33.7 Å². The van der Waals surface area contributed by atoms with Crippen LogP contribution in [-0.2, 0) is 0 Å². The van der Waals surface area contributed by atoms with E-state index in [1.165, 1.54) is 6.42 Å². The minimum atomic E-state index is 0.475. The zero-order chi connectivity index (χ0) is 13.8. The molecule has 0 saturated carbocycles. The van der Waals surface area contributed by atoms with Gasteiger partial charge in [0.05, 0.1) is 19.9 Å². The molecule has 19 heavy (non-hydrogen) atoms. The Morgan fingerprint density at radius 1 is 1.26 bits per heavy atom. The second-order valence-electron chi connectivity index (χ2n) is 5.28. The predicted octanol–water partition coefficient (Wildman–Crippen LogP) is 2.60. The van der Waals surface area contributed by atoms with Crippen LogP contribution in [0.5, 0.6) is 11.5 Å². The summed E-state index contributed by atoms with van der Waals surface area (Å²) in [5.41, 5.74) is 1.01. The Bertz CT molecular complexity index is 421. The number of benzene rings is 1. The Morgan fingerprint density at radius 3 is 2.63 bits per heavy atom. The van der Waals surface area contributed by atoms with Gasteiger partial charge in [-0.25, -0.2) is 0 Å². The molecule has 0 aliphatic carbocycles. The number of likely N-dealkylation sites (tertiary alicyclic amines) is 1. The highest BCUT2D eigenvalue weighted by Crippen LogP contribution is 2.30. The number of hydrogen-bond acceptors (Lipinski definition) is 4. The highest BCUT2D eigenvalue weighted by Gasteiger charge is 2.24. The zero-order valence-corrected chi connectivity index (χ0v) is 12.3. The maximum atomic E-state index is 5.40. The van der Waals surface area contributed by atoms with Crippen molar-refractivity contribution in [2.75, 3.05) is 32.6 Å². The maximum absolute atomic E-state index is 5.40. The molecule has 1 unspecified atom stereocenters. The molecule has 1 atom stereocenters. The van der Waals surface area contributed by atoms with Gasteiger partial charge >= 0.3 is 0 Å². The van der Waals surface area contributed by atoms with Crippen molar-refractivity contribution in [1.29, 1.82) is 0 Å². The highest BCUT2D eigenvalue weighted by atomic mass is 16.5. The number of hydrogen-bond donors (Lipinski definition) is 1. The van der Waals surface area contributed by atoms with Crippen LogP contribution in [0.2, 0.25) is 0 Å². The van der Waals surface area contributed by atoms with Crippen LogP contribution in [0, 0.1) is 0 Å². The fourth-order valence-electron chi connectivity index (χ4n) is 2.52. The SMILES string of the molecule is COc1ccc(OC)c(NC2CCN(C(C)C)C2)c1. The van der Waals surface area contributed by atoms with Crippen molar-refractivity contribution in [1.82, 2.24) is 4.90 Å². The second-order valence-corrected chi connectivity index (χ2v) is 5.28. The lowest BCUT2D eigenvalue weighted by Crippen LogP contribution is -2.31. The smallest absolute Gasteiger partial charge is 0.142 e. The van der Waals surface area contributed by atoms with Gasteiger partial charge in [0.25, 0.3) is 0 Å². The van der Waals surface area contributed by atoms with E-state index >= 15 is 0 Å². The quantitative estimate of drug-likeness (QED) is 0.886. The zero-order valence-electron chi connectivity index (χ0n) is 12.3. The van der Waals surface area contributed by atoms with Gasteiger partial charge in [0.15, 0.2) is 0 Å². The van der Waals surface area contributed by atoms with Crippen LogP contribution in [0.15, 0.2) is 18.2 Å².